The third kappa shape index (κ3) is 2.71. The second-order valence-electron chi connectivity index (χ2n) is 7.06. The van der Waals surface area contributed by atoms with Crippen molar-refractivity contribution in [3.8, 4) is 0 Å². The van der Waals surface area contributed by atoms with Gasteiger partial charge in [-0.15, -0.1) is 0 Å². The van der Waals surface area contributed by atoms with E-state index in [1.807, 2.05) is 11.8 Å². The van der Waals surface area contributed by atoms with E-state index in [9.17, 15) is 9.90 Å². The maximum absolute atomic E-state index is 12.8. The van der Waals surface area contributed by atoms with Gasteiger partial charge in [0.25, 0.3) is 0 Å². The molecular formula is C15H27NO2. The van der Waals surface area contributed by atoms with Crippen LogP contribution >= 0.6 is 0 Å². The molecule has 1 amide bonds. The van der Waals surface area contributed by atoms with Crippen LogP contribution in [-0.2, 0) is 4.79 Å². The maximum Gasteiger partial charge on any atom is 0.228 e. The molecule has 1 aliphatic carbocycles. The molecule has 0 bridgehead atoms. The zero-order valence-corrected chi connectivity index (χ0v) is 12.0. The summed E-state index contributed by atoms with van der Waals surface area (Å²) in [5, 5.41) is 10.0. The van der Waals surface area contributed by atoms with Crippen LogP contribution in [0.1, 0.15) is 59.3 Å². The lowest BCUT2D eigenvalue weighted by Crippen LogP contribution is -2.43. The first kappa shape index (κ1) is 13.9. The van der Waals surface area contributed by atoms with Crippen molar-refractivity contribution in [2.75, 3.05) is 13.1 Å². The van der Waals surface area contributed by atoms with Crippen LogP contribution in [0.4, 0.5) is 0 Å². The maximum atomic E-state index is 12.8. The Hall–Kier alpha value is -0.570. The molecule has 3 heteroatoms. The van der Waals surface area contributed by atoms with E-state index in [0.717, 1.165) is 32.2 Å². The summed E-state index contributed by atoms with van der Waals surface area (Å²) in [5.74, 6) is 0.877. The molecular weight excluding hydrogens is 226 g/mol. The fourth-order valence-corrected chi connectivity index (χ4v) is 3.79. The standard InChI is InChI=1S/C15H27NO2/c1-12(2)10-15(6-4-5-7-15)13(17)16-9-8-14(3,18)11-16/h12,18H,4-11H2,1-3H3. The average molecular weight is 253 g/mol. The van der Waals surface area contributed by atoms with Gasteiger partial charge < -0.3 is 10.0 Å². The Morgan fingerprint density at radius 3 is 2.33 bits per heavy atom. The summed E-state index contributed by atoms with van der Waals surface area (Å²) in [5.41, 5.74) is -0.790. The van der Waals surface area contributed by atoms with E-state index in [4.69, 9.17) is 0 Å². The molecule has 1 saturated heterocycles. The average Bonchev–Trinajstić information content (AvgIpc) is 2.84. The second kappa shape index (κ2) is 4.84. The Morgan fingerprint density at radius 1 is 1.28 bits per heavy atom. The minimum atomic E-state index is -0.673. The van der Waals surface area contributed by atoms with Crippen LogP contribution in [0.3, 0.4) is 0 Å². The summed E-state index contributed by atoms with van der Waals surface area (Å²) in [4.78, 5) is 14.7. The first-order chi connectivity index (χ1) is 8.35. The molecule has 3 nitrogen and oxygen atoms in total. The number of carbonyl (C=O) groups excluding carboxylic acids is 1. The van der Waals surface area contributed by atoms with Crippen molar-refractivity contribution < 1.29 is 9.90 Å². The zero-order valence-electron chi connectivity index (χ0n) is 12.0. The Kier molecular flexibility index (Phi) is 3.72. The number of hydrogen-bond acceptors (Lipinski definition) is 2. The van der Waals surface area contributed by atoms with Crippen molar-refractivity contribution >= 4 is 5.91 Å². The van der Waals surface area contributed by atoms with Gasteiger partial charge in [0.2, 0.25) is 5.91 Å². The molecule has 1 atom stereocenters. The molecule has 0 spiro atoms. The molecule has 1 N–H and O–H groups in total. The van der Waals surface area contributed by atoms with Crippen molar-refractivity contribution in [2.45, 2.75) is 64.9 Å². The van der Waals surface area contributed by atoms with Crippen LogP contribution in [0, 0.1) is 11.3 Å². The van der Waals surface area contributed by atoms with Gasteiger partial charge in [-0.25, -0.2) is 0 Å². The number of likely N-dealkylation sites (tertiary alicyclic amines) is 1. The molecule has 1 unspecified atom stereocenters. The van der Waals surface area contributed by atoms with Crippen molar-refractivity contribution in [3.63, 3.8) is 0 Å². The number of amides is 1. The molecule has 0 aromatic heterocycles. The van der Waals surface area contributed by atoms with Gasteiger partial charge in [-0.3, -0.25) is 4.79 Å². The summed E-state index contributed by atoms with van der Waals surface area (Å²) in [7, 11) is 0. The van der Waals surface area contributed by atoms with Gasteiger partial charge in [0, 0.05) is 18.5 Å². The normalized spacial score (nSPS) is 31.3. The number of rotatable bonds is 3. The van der Waals surface area contributed by atoms with Crippen molar-refractivity contribution in [2.24, 2.45) is 11.3 Å². The highest BCUT2D eigenvalue weighted by Gasteiger charge is 2.46. The summed E-state index contributed by atoms with van der Waals surface area (Å²) in [6.07, 6.45) is 6.18. The van der Waals surface area contributed by atoms with E-state index in [1.54, 1.807) is 0 Å². The molecule has 1 heterocycles. The monoisotopic (exact) mass is 253 g/mol. The van der Waals surface area contributed by atoms with E-state index in [2.05, 4.69) is 13.8 Å². The fraction of sp³-hybridized carbons (Fsp3) is 0.933. The van der Waals surface area contributed by atoms with Gasteiger partial charge in [-0.1, -0.05) is 26.7 Å². The topological polar surface area (TPSA) is 40.5 Å². The van der Waals surface area contributed by atoms with E-state index in [1.165, 1.54) is 12.8 Å². The minimum Gasteiger partial charge on any atom is -0.388 e. The number of hydrogen-bond donors (Lipinski definition) is 1. The van der Waals surface area contributed by atoms with Gasteiger partial charge >= 0.3 is 0 Å². The third-order valence-electron chi connectivity index (χ3n) is 4.55. The highest BCUT2D eigenvalue weighted by Crippen LogP contribution is 2.45. The number of aliphatic hydroxyl groups is 1. The molecule has 2 rings (SSSR count). The van der Waals surface area contributed by atoms with E-state index in [-0.39, 0.29) is 5.41 Å². The van der Waals surface area contributed by atoms with Crippen LogP contribution < -0.4 is 0 Å². The van der Waals surface area contributed by atoms with Crippen molar-refractivity contribution in [3.05, 3.63) is 0 Å². The smallest absolute Gasteiger partial charge is 0.228 e. The summed E-state index contributed by atoms with van der Waals surface area (Å²) in [6, 6.07) is 0. The van der Waals surface area contributed by atoms with Crippen molar-refractivity contribution in [1.29, 1.82) is 0 Å². The first-order valence-electron chi connectivity index (χ1n) is 7.36. The van der Waals surface area contributed by atoms with E-state index >= 15 is 0 Å². The summed E-state index contributed by atoms with van der Waals surface area (Å²) >= 11 is 0. The van der Waals surface area contributed by atoms with Crippen LogP contribution in [0.25, 0.3) is 0 Å². The predicted molar refractivity (Wildman–Crippen MR) is 72.2 cm³/mol. The molecule has 0 aromatic carbocycles. The summed E-state index contributed by atoms with van der Waals surface area (Å²) < 4.78 is 0. The third-order valence-corrected chi connectivity index (χ3v) is 4.55. The quantitative estimate of drug-likeness (QED) is 0.840. The predicted octanol–water partition coefficient (Wildman–Crippen LogP) is 2.58. The highest BCUT2D eigenvalue weighted by molar-refractivity contribution is 5.83. The lowest BCUT2D eigenvalue weighted by atomic mass is 9.77. The summed E-state index contributed by atoms with van der Waals surface area (Å²) in [6.45, 7) is 7.49. The van der Waals surface area contributed by atoms with Gasteiger partial charge in [-0.2, -0.15) is 0 Å². The Bertz CT molecular complexity index is 316. The van der Waals surface area contributed by atoms with Gasteiger partial charge in [0.1, 0.15) is 0 Å². The largest absolute Gasteiger partial charge is 0.388 e. The molecule has 0 radical (unpaired) electrons. The number of β-amino-alcohol motifs (C(OH)–C–C–N with tert-alkyl or cyclic N) is 1. The van der Waals surface area contributed by atoms with E-state index < -0.39 is 5.60 Å². The van der Waals surface area contributed by atoms with Gasteiger partial charge in [-0.05, 0) is 38.5 Å². The number of carbonyl (C=O) groups is 1. The van der Waals surface area contributed by atoms with Crippen LogP contribution in [0.2, 0.25) is 0 Å². The molecule has 1 saturated carbocycles. The molecule has 1 aliphatic heterocycles. The van der Waals surface area contributed by atoms with Crippen molar-refractivity contribution in [1.82, 2.24) is 4.90 Å². The first-order valence-corrected chi connectivity index (χ1v) is 7.36. The fourth-order valence-electron chi connectivity index (χ4n) is 3.79. The molecule has 18 heavy (non-hydrogen) atoms. The van der Waals surface area contributed by atoms with Crippen LogP contribution in [0.15, 0.2) is 0 Å². The van der Waals surface area contributed by atoms with Crippen LogP contribution in [0.5, 0.6) is 0 Å². The lowest BCUT2D eigenvalue weighted by molar-refractivity contribution is -0.142. The molecule has 2 aliphatic rings. The van der Waals surface area contributed by atoms with Gasteiger partial charge in [0.05, 0.1) is 5.60 Å². The molecule has 104 valence electrons. The second-order valence-corrected chi connectivity index (χ2v) is 7.06. The van der Waals surface area contributed by atoms with E-state index in [0.29, 0.717) is 18.4 Å². The Balaban J connectivity index is 2.10. The Morgan fingerprint density at radius 2 is 1.89 bits per heavy atom. The molecule has 0 aromatic rings. The zero-order chi connectivity index (χ0) is 13.4. The number of nitrogens with zero attached hydrogens (tertiary/aromatic N) is 1. The molecule has 2 fully saturated rings. The Labute approximate surface area is 111 Å². The minimum absolute atomic E-state index is 0.116. The lowest BCUT2D eigenvalue weighted by Gasteiger charge is -2.34. The van der Waals surface area contributed by atoms with Crippen LogP contribution in [-0.4, -0.2) is 34.6 Å². The highest BCUT2D eigenvalue weighted by atomic mass is 16.3. The van der Waals surface area contributed by atoms with Gasteiger partial charge in [0.15, 0.2) is 0 Å². The SMILES string of the molecule is CC(C)CC1(C(=O)N2CCC(C)(O)C2)CCCC1.